The number of para-hydroxylation sites is 1. The van der Waals surface area contributed by atoms with Gasteiger partial charge in [-0.1, -0.05) is 23.8 Å². The second kappa shape index (κ2) is 8.96. The number of carbonyl (C=O) groups excluding carboxylic acids is 2. The number of amides is 1. The van der Waals surface area contributed by atoms with Gasteiger partial charge in [-0.15, -0.1) is 11.3 Å². The summed E-state index contributed by atoms with van der Waals surface area (Å²) >= 11 is 1.76. The SMILES string of the molecule is COc1ccc(C)cc1C(=O)CCC(=O)N1CCC(c2nc3ccccc3s2)CC1. The number of ketones is 1. The first-order valence-corrected chi connectivity index (χ1v) is 11.2. The van der Waals surface area contributed by atoms with Crippen molar-refractivity contribution < 1.29 is 14.3 Å². The number of aryl methyl sites for hydroxylation is 1. The van der Waals surface area contributed by atoms with E-state index in [1.54, 1.807) is 24.5 Å². The third-order valence-corrected chi connectivity index (χ3v) is 6.93. The van der Waals surface area contributed by atoms with Gasteiger partial charge in [0.1, 0.15) is 5.75 Å². The topological polar surface area (TPSA) is 59.5 Å². The molecule has 0 N–H and O–H groups in total. The molecule has 0 unspecified atom stereocenters. The number of likely N-dealkylation sites (tertiary alicyclic amines) is 1. The van der Waals surface area contributed by atoms with E-state index in [-0.39, 0.29) is 24.5 Å². The highest BCUT2D eigenvalue weighted by molar-refractivity contribution is 7.18. The predicted molar refractivity (Wildman–Crippen MR) is 119 cm³/mol. The molecule has 3 aromatic rings. The lowest BCUT2D eigenvalue weighted by Crippen LogP contribution is -2.38. The normalized spacial score (nSPS) is 14.8. The minimum atomic E-state index is -0.0479. The molecule has 1 fully saturated rings. The van der Waals surface area contributed by atoms with E-state index in [9.17, 15) is 9.59 Å². The van der Waals surface area contributed by atoms with Gasteiger partial charge in [0, 0.05) is 31.8 Å². The Morgan fingerprint density at radius 3 is 2.63 bits per heavy atom. The van der Waals surface area contributed by atoms with E-state index in [0.29, 0.717) is 17.2 Å². The Balaban J connectivity index is 1.31. The summed E-state index contributed by atoms with van der Waals surface area (Å²) in [5, 5.41) is 1.17. The maximum atomic E-state index is 12.7. The number of benzene rings is 2. The van der Waals surface area contributed by atoms with E-state index in [1.165, 1.54) is 9.71 Å². The zero-order valence-electron chi connectivity index (χ0n) is 17.4. The Kier molecular flexibility index (Phi) is 6.13. The third-order valence-electron chi connectivity index (χ3n) is 5.73. The molecule has 0 aliphatic carbocycles. The maximum Gasteiger partial charge on any atom is 0.223 e. The van der Waals surface area contributed by atoms with Crippen molar-refractivity contribution in [2.75, 3.05) is 20.2 Å². The van der Waals surface area contributed by atoms with E-state index in [0.717, 1.165) is 37.0 Å². The molecular weight excluding hydrogens is 396 g/mol. The molecule has 30 heavy (non-hydrogen) atoms. The number of aromatic nitrogens is 1. The predicted octanol–water partition coefficient (Wildman–Crippen LogP) is 4.98. The van der Waals surface area contributed by atoms with Crippen molar-refractivity contribution in [2.24, 2.45) is 0 Å². The van der Waals surface area contributed by atoms with Crippen molar-refractivity contribution in [1.29, 1.82) is 0 Å². The quantitative estimate of drug-likeness (QED) is 0.526. The lowest BCUT2D eigenvalue weighted by atomic mass is 9.97. The number of hydrogen-bond donors (Lipinski definition) is 0. The number of hydrogen-bond acceptors (Lipinski definition) is 5. The molecule has 0 atom stereocenters. The molecule has 1 aromatic heterocycles. The fourth-order valence-corrected chi connectivity index (χ4v) is 5.13. The zero-order valence-corrected chi connectivity index (χ0v) is 18.2. The molecule has 156 valence electrons. The van der Waals surface area contributed by atoms with Gasteiger partial charge < -0.3 is 9.64 Å². The van der Waals surface area contributed by atoms with Gasteiger partial charge in [0.15, 0.2) is 5.78 Å². The second-order valence-electron chi connectivity index (χ2n) is 7.80. The van der Waals surface area contributed by atoms with Gasteiger partial charge in [0.25, 0.3) is 0 Å². The van der Waals surface area contributed by atoms with Gasteiger partial charge >= 0.3 is 0 Å². The highest BCUT2D eigenvalue weighted by Gasteiger charge is 2.26. The van der Waals surface area contributed by atoms with Gasteiger partial charge in [-0.2, -0.15) is 0 Å². The summed E-state index contributed by atoms with van der Waals surface area (Å²) in [7, 11) is 1.56. The minimum absolute atomic E-state index is 0.0479. The molecule has 0 radical (unpaired) electrons. The first-order valence-electron chi connectivity index (χ1n) is 10.4. The largest absolute Gasteiger partial charge is 0.496 e. The summed E-state index contributed by atoms with van der Waals surface area (Å²) in [6.45, 7) is 3.39. The summed E-state index contributed by atoms with van der Waals surface area (Å²) in [5.41, 5.74) is 2.61. The van der Waals surface area contributed by atoms with Gasteiger partial charge in [0.2, 0.25) is 5.91 Å². The number of fused-ring (bicyclic) bond motifs is 1. The lowest BCUT2D eigenvalue weighted by molar-refractivity contribution is -0.132. The van der Waals surface area contributed by atoms with Crippen molar-refractivity contribution >= 4 is 33.2 Å². The van der Waals surface area contributed by atoms with E-state index in [2.05, 4.69) is 6.07 Å². The summed E-state index contributed by atoms with van der Waals surface area (Å²) in [6, 6.07) is 13.8. The highest BCUT2D eigenvalue weighted by Crippen LogP contribution is 2.34. The van der Waals surface area contributed by atoms with Crippen molar-refractivity contribution in [3.8, 4) is 5.75 Å². The van der Waals surface area contributed by atoms with Crippen LogP contribution in [0.4, 0.5) is 0 Å². The molecule has 1 aliphatic heterocycles. The Bertz CT molecular complexity index is 1030. The summed E-state index contributed by atoms with van der Waals surface area (Å²) < 4.78 is 6.52. The first-order chi connectivity index (χ1) is 14.5. The number of piperidine rings is 1. The fraction of sp³-hybridized carbons (Fsp3) is 0.375. The zero-order chi connectivity index (χ0) is 21.1. The number of carbonyl (C=O) groups is 2. The molecule has 2 aromatic carbocycles. The number of Topliss-reactive ketones (excluding diaryl/α,β-unsaturated/α-hetero) is 1. The molecule has 1 amide bonds. The molecule has 1 saturated heterocycles. The van der Waals surface area contributed by atoms with Crippen LogP contribution in [0, 0.1) is 6.92 Å². The first kappa shape index (κ1) is 20.5. The lowest BCUT2D eigenvalue weighted by Gasteiger charge is -2.31. The minimum Gasteiger partial charge on any atom is -0.496 e. The standard InChI is InChI=1S/C24H26N2O3S/c1-16-7-9-21(29-2)18(15-16)20(27)8-10-23(28)26-13-11-17(12-14-26)24-25-19-5-3-4-6-22(19)30-24/h3-7,9,15,17H,8,10-14H2,1-2H3. The van der Waals surface area contributed by atoms with Gasteiger partial charge in [-0.25, -0.2) is 4.98 Å². The fourth-order valence-electron chi connectivity index (χ4n) is 3.99. The average Bonchev–Trinajstić information content (AvgIpc) is 3.21. The second-order valence-corrected chi connectivity index (χ2v) is 8.86. The smallest absolute Gasteiger partial charge is 0.223 e. The van der Waals surface area contributed by atoms with Crippen molar-refractivity contribution in [2.45, 2.75) is 38.5 Å². The number of methoxy groups -OCH3 is 1. The van der Waals surface area contributed by atoms with Crippen LogP contribution in [0.25, 0.3) is 10.2 Å². The Morgan fingerprint density at radius 1 is 1.13 bits per heavy atom. The van der Waals surface area contributed by atoms with Crippen LogP contribution in [0.1, 0.15) is 52.5 Å². The van der Waals surface area contributed by atoms with Crippen LogP contribution in [0.2, 0.25) is 0 Å². The van der Waals surface area contributed by atoms with Gasteiger partial charge in [-0.3, -0.25) is 9.59 Å². The summed E-state index contributed by atoms with van der Waals surface area (Å²) in [6.07, 6.45) is 2.29. The Morgan fingerprint density at radius 2 is 1.90 bits per heavy atom. The van der Waals surface area contributed by atoms with Crippen molar-refractivity contribution in [3.05, 3.63) is 58.6 Å². The molecular formula is C24H26N2O3S. The van der Waals surface area contributed by atoms with Gasteiger partial charge in [-0.05, 0) is 44.0 Å². The molecule has 6 heteroatoms. The monoisotopic (exact) mass is 422 g/mol. The Hall–Kier alpha value is -2.73. The molecule has 5 nitrogen and oxygen atoms in total. The number of thiazole rings is 1. The van der Waals surface area contributed by atoms with Crippen LogP contribution in [-0.2, 0) is 4.79 Å². The van der Waals surface area contributed by atoms with Crippen LogP contribution >= 0.6 is 11.3 Å². The summed E-state index contributed by atoms with van der Waals surface area (Å²) in [5.74, 6) is 0.977. The molecule has 2 heterocycles. The van der Waals surface area contributed by atoms with Crippen molar-refractivity contribution in [3.63, 3.8) is 0 Å². The number of nitrogens with zero attached hydrogens (tertiary/aromatic N) is 2. The molecule has 0 saturated carbocycles. The molecule has 0 spiro atoms. The average molecular weight is 423 g/mol. The van der Waals surface area contributed by atoms with Crippen LogP contribution < -0.4 is 4.74 Å². The van der Waals surface area contributed by atoms with E-state index < -0.39 is 0 Å². The third kappa shape index (κ3) is 4.38. The van der Waals surface area contributed by atoms with Crippen molar-refractivity contribution in [1.82, 2.24) is 9.88 Å². The highest BCUT2D eigenvalue weighted by atomic mass is 32.1. The van der Waals surface area contributed by atoms with Crippen LogP contribution in [0.3, 0.4) is 0 Å². The maximum absolute atomic E-state index is 12.7. The number of ether oxygens (including phenoxy) is 1. The summed E-state index contributed by atoms with van der Waals surface area (Å²) in [4.78, 5) is 32.0. The van der Waals surface area contributed by atoms with E-state index >= 15 is 0 Å². The van der Waals surface area contributed by atoms with E-state index in [1.807, 2.05) is 42.2 Å². The Labute approximate surface area is 180 Å². The van der Waals surface area contributed by atoms with Crippen LogP contribution in [0.15, 0.2) is 42.5 Å². The molecule has 0 bridgehead atoms. The molecule has 4 rings (SSSR count). The van der Waals surface area contributed by atoms with Crippen LogP contribution in [-0.4, -0.2) is 41.8 Å². The van der Waals surface area contributed by atoms with E-state index in [4.69, 9.17) is 9.72 Å². The number of rotatable bonds is 6. The van der Waals surface area contributed by atoms with Gasteiger partial charge in [0.05, 0.1) is 27.9 Å². The molecule has 1 aliphatic rings. The van der Waals surface area contributed by atoms with Crippen LogP contribution in [0.5, 0.6) is 5.75 Å².